The van der Waals surface area contributed by atoms with Gasteiger partial charge in [0.2, 0.25) is 0 Å². The van der Waals surface area contributed by atoms with Crippen LogP contribution in [0.5, 0.6) is 5.75 Å². The number of morpholine rings is 1. The lowest BCUT2D eigenvalue weighted by Gasteiger charge is -2.38. The van der Waals surface area contributed by atoms with Gasteiger partial charge in [-0.05, 0) is 36.2 Å². The van der Waals surface area contributed by atoms with Crippen LogP contribution < -0.4 is 10.5 Å². The van der Waals surface area contributed by atoms with E-state index in [1.54, 1.807) is 23.6 Å². The van der Waals surface area contributed by atoms with Crippen LogP contribution in [0, 0.1) is 12.7 Å². The van der Waals surface area contributed by atoms with Crippen molar-refractivity contribution in [3.63, 3.8) is 0 Å². The van der Waals surface area contributed by atoms with Crippen LogP contribution in [0.25, 0.3) is 16.6 Å². The molecule has 3 aromatic heterocycles. The normalized spacial score (nSPS) is 19.5. The molecule has 1 aromatic carbocycles. The quantitative estimate of drug-likeness (QED) is 0.419. The van der Waals surface area contributed by atoms with Gasteiger partial charge in [0.1, 0.15) is 28.4 Å². The monoisotopic (exact) mass is 502 g/mol. The number of halogens is 4. The van der Waals surface area contributed by atoms with E-state index in [2.05, 4.69) is 19.7 Å². The molecule has 13 heteroatoms. The summed E-state index contributed by atoms with van der Waals surface area (Å²) in [6.07, 6.45) is -2.33. The Labute approximate surface area is 200 Å². The third kappa shape index (κ3) is 3.49. The minimum Gasteiger partial charge on any atom is -0.403 e. The SMILES string of the molecule is Cc1ncc2c(N)nc3cnc(C(=O)N4CCOC5Cc6cc(OC(F)(F)F)c(F)cc6C54)cc3n12. The zero-order valence-electron chi connectivity index (χ0n) is 18.7. The van der Waals surface area contributed by atoms with Gasteiger partial charge in [-0.3, -0.25) is 9.20 Å². The lowest BCUT2D eigenvalue weighted by atomic mass is 10.0. The van der Waals surface area contributed by atoms with E-state index in [-0.39, 0.29) is 31.1 Å². The molecule has 2 aliphatic rings. The van der Waals surface area contributed by atoms with E-state index in [0.717, 1.165) is 12.1 Å². The van der Waals surface area contributed by atoms with E-state index >= 15 is 0 Å². The number of hydrogen-bond donors (Lipinski definition) is 1. The number of imidazole rings is 1. The number of hydrogen-bond acceptors (Lipinski definition) is 7. The van der Waals surface area contributed by atoms with Crippen LogP contribution in [0.3, 0.4) is 0 Å². The molecule has 2 N–H and O–H groups in total. The Kier molecular flexibility index (Phi) is 4.84. The lowest BCUT2D eigenvalue weighted by Crippen LogP contribution is -2.46. The van der Waals surface area contributed by atoms with Crippen molar-refractivity contribution < 1.29 is 31.8 Å². The predicted molar refractivity (Wildman–Crippen MR) is 118 cm³/mol. The van der Waals surface area contributed by atoms with Crippen LogP contribution in [0.1, 0.15) is 33.5 Å². The summed E-state index contributed by atoms with van der Waals surface area (Å²) in [7, 11) is 0. The molecule has 1 fully saturated rings. The highest BCUT2D eigenvalue weighted by Gasteiger charge is 2.44. The maximum Gasteiger partial charge on any atom is 0.573 e. The van der Waals surface area contributed by atoms with Crippen LogP contribution in [0.2, 0.25) is 0 Å². The molecule has 1 aliphatic heterocycles. The molecule has 1 amide bonds. The van der Waals surface area contributed by atoms with Crippen LogP contribution >= 0.6 is 0 Å². The summed E-state index contributed by atoms with van der Waals surface area (Å²) in [6, 6.07) is 2.90. The van der Waals surface area contributed by atoms with E-state index in [1.807, 2.05) is 0 Å². The molecule has 4 heterocycles. The van der Waals surface area contributed by atoms with Crippen molar-refractivity contribution >= 4 is 28.3 Å². The maximum absolute atomic E-state index is 14.5. The number of benzene rings is 1. The Morgan fingerprint density at radius 3 is 2.78 bits per heavy atom. The first-order valence-electron chi connectivity index (χ1n) is 11.0. The van der Waals surface area contributed by atoms with Crippen molar-refractivity contribution in [2.75, 3.05) is 18.9 Å². The summed E-state index contributed by atoms with van der Waals surface area (Å²) >= 11 is 0. The maximum atomic E-state index is 14.5. The molecule has 9 nitrogen and oxygen atoms in total. The molecular formula is C23H18F4N6O3. The number of pyridine rings is 1. The molecule has 2 unspecified atom stereocenters. The third-order valence-electron chi connectivity index (χ3n) is 6.54. The fourth-order valence-corrected chi connectivity index (χ4v) is 5.07. The van der Waals surface area contributed by atoms with Gasteiger partial charge in [0.15, 0.2) is 11.6 Å². The molecule has 4 aromatic rings. The highest BCUT2D eigenvalue weighted by Crippen LogP contribution is 2.43. The number of anilines is 1. The van der Waals surface area contributed by atoms with Crippen LogP contribution in [-0.4, -0.2) is 55.8 Å². The first-order valence-corrected chi connectivity index (χ1v) is 11.0. The molecule has 0 saturated carbocycles. The minimum atomic E-state index is -5.03. The molecule has 6 rings (SSSR count). The molecule has 0 radical (unpaired) electrons. The van der Waals surface area contributed by atoms with Crippen LogP contribution in [0.15, 0.2) is 30.6 Å². The average Bonchev–Trinajstić information content (AvgIpc) is 3.38. The summed E-state index contributed by atoms with van der Waals surface area (Å²) in [5, 5.41) is 0. The second-order valence-electron chi connectivity index (χ2n) is 8.67. The summed E-state index contributed by atoms with van der Waals surface area (Å²) in [4.78, 5) is 28.0. The molecule has 0 spiro atoms. The fraction of sp³-hybridized carbons (Fsp3) is 0.304. The van der Waals surface area contributed by atoms with Gasteiger partial charge in [0.25, 0.3) is 5.91 Å². The van der Waals surface area contributed by atoms with Crippen molar-refractivity contribution in [2.45, 2.75) is 31.9 Å². The van der Waals surface area contributed by atoms with Crippen LogP contribution in [-0.2, 0) is 11.2 Å². The number of amides is 1. The van der Waals surface area contributed by atoms with Crippen LogP contribution in [0.4, 0.5) is 23.4 Å². The van der Waals surface area contributed by atoms with Crippen molar-refractivity contribution in [1.29, 1.82) is 0 Å². The Morgan fingerprint density at radius 1 is 1.19 bits per heavy atom. The number of aromatic nitrogens is 4. The number of alkyl halides is 3. The molecule has 1 saturated heterocycles. The summed E-state index contributed by atoms with van der Waals surface area (Å²) < 4.78 is 63.9. The Bertz CT molecular complexity index is 1550. The number of nitrogens with two attached hydrogens (primary N) is 1. The van der Waals surface area contributed by atoms with Gasteiger partial charge in [-0.1, -0.05) is 0 Å². The number of ether oxygens (including phenoxy) is 2. The Morgan fingerprint density at radius 2 is 2.00 bits per heavy atom. The van der Waals surface area contributed by atoms with Gasteiger partial charge in [-0.15, -0.1) is 13.2 Å². The largest absolute Gasteiger partial charge is 0.573 e. The number of aryl methyl sites for hydroxylation is 1. The smallest absolute Gasteiger partial charge is 0.403 e. The highest BCUT2D eigenvalue weighted by atomic mass is 19.4. The molecule has 36 heavy (non-hydrogen) atoms. The first kappa shape index (κ1) is 22.5. The number of carbonyl (C=O) groups excluding carboxylic acids is 1. The van der Waals surface area contributed by atoms with E-state index in [0.29, 0.717) is 33.5 Å². The summed E-state index contributed by atoms with van der Waals surface area (Å²) in [5.41, 5.74) is 8.59. The van der Waals surface area contributed by atoms with E-state index < -0.39 is 36.0 Å². The van der Waals surface area contributed by atoms with E-state index in [9.17, 15) is 22.4 Å². The summed E-state index contributed by atoms with van der Waals surface area (Å²) in [5.74, 6) is -1.59. The molecule has 0 bridgehead atoms. The van der Waals surface area contributed by atoms with E-state index in [4.69, 9.17) is 10.5 Å². The van der Waals surface area contributed by atoms with Crippen molar-refractivity contribution in [3.05, 3.63) is 59.1 Å². The number of fused-ring (bicyclic) bond motifs is 6. The summed E-state index contributed by atoms with van der Waals surface area (Å²) in [6.45, 7) is 2.20. The predicted octanol–water partition coefficient (Wildman–Crippen LogP) is 3.34. The average molecular weight is 502 g/mol. The lowest BCUT2D eigenvalue weighted by molar-refractivity contribution is -0.275. The highest BCUT2D eigenvalue weighted by molar-refractivity contribution is 5.96. The first-order chi connectivity index (χ1) is 17.1. The topological polar surface area (TPSA) is 108 Å². The number of nitrogen functional groups attached to an aromatic ring is 1. The molecular weight excluding hydrogens is 484 g/mol. The molecule has 2 atom stereocenters. The zero-order chi connectivity index (χ0) is 25.4. The van der Waals surface area contributed by atoms with Gasteiger partial charge in [-0.25, -0.2) is 19.3 Å². The zero-order valence-corrected chi connectivity index (χ0v) is 18.7. The van der Waals surface area contributed by atoms with Crippen molar-refractivity contribution in [2.24, 2.45) is 0 Å². The number of nitrogens with zero attached hydrogens (tertiary/aromatic N) is 5. The molecule has 186 valence electrons. The minimum absolute atomic E-state index is 0.120. The van der Waals surface area contributed by atoms with E-state index in [1.165, 1.54) is 11.1 Å². The Balaban J connectivity index is 1.39. The van der Waals surface area contributed by atoms with Gasteiger partial charge in [-0.2, -0.15) is 0 Å². The number of carbonyl (C=O) groups is 1. The van der Waals surface area contributed by atoms with Gasteiger partial charge in [0, 0.05) is 13.0 Å². The van der Waals surface area contributed by atoms with Crippen molar-refractivity contribution in [1.82, 2.24) is 24.3 Å². The second kappa shape index (κ2) is 7.75. The molecule has 1 aliphatic carbocycles. The number of rotatable bonds is 2. The third-order valence-corrected chi connectivity index (χ3v) is 6.54. The fourth-order valence-electron chi connectivity index (χ4n) is 5.07. The van der Waals surface area contributed by atoms with Gasteiger partial charge >= 0.3 is 6.36 Å². The van der Waals surface area contributed by atoms with Gasteiger partial charge < -0.3 is 20.1 Å². The van der Waals surface area contributed by atoms with Gasteiger partial charge in [0.05, 0.1) is 36.7 Å². The standard InChI is InChI=1S/C23H18F4N6O3/c1-10-29-9-17-21(28)31-15-8-30-14(7-16(15)33(10)17)22(34)32-2-3-35-19-5-11-4-18(36-23(25,26)27)13(24)6-12(11)20(19)32/h4,6-9,19-20H,2-3,5H2,1H3,(H2,28,31). The second-order valence-corrected chi connectivity index (χ2v) is 8.67. The van der Waals surface area contributed by atoms with Crippen molar-refractivity contribution in [3.8, 4) is 5.75 Å². The Hall–Kier alpha value is -4.00.